The van der Waals surface area contributed by atoms with Crippen molar-refractivity contribution in [2.24, 2.45) is 0 Å². The van der Waals surface area contributed by atoms with E-state index in [2.05, 4.69) is 0 Å². The van der Waals surface area contributed by atoms with Gasteiger partial charge in [0.05, 0.1) is 18.7 Å². The first-order valence-corrected chi connectivity index (χ1v) is 5.88. The number of nitriles is 1. The summed E-state index contributed by atoms with van der Waals surface area (Å²) in [5, 5.41) is 8.92. The van der Waals surface area contributed by atoms with Crippen molar-refractivity contribution >= 4 is 5.69 Å². The van der Waals surface area contributed by atoms with E-state index in [-0.39, 0.29) is 12.4 Å². The van der Waals surface area contributed by atoms with E-state index in [4.69, 9.17) is 20.5 Å². The number of halogens is 1. The van der Waals surface area contributed by atoms with E-state index in [1.807, 2.05) is 6.07 Å². The zero-order chi connectivity index (χ0) is 14.5. The maximum absolute atomic E-state index is 13.1. The second-order valence-corrected chi connectivity index (χ2v) is 4.14. The van der Waals surface area contributed by atoms with Gasteiger partial charge in [0.2, 0.25) is 0 Å². The number of nitrogens with zero attached hydrogens (tertiary/aromatic N) is 1. The minimum absolute atomic E-state index is 0.113. The molecule has 20 heavy (non-hydrogen) atoms. The summed E-state index contributed by atoms with van der Waals surface area (Å²) in [4.78, 5) is 0. The average Bonchev–Trinajstić information content (AvgIpc) is 2.47. The predicted molar refractivity (Wildman–Crippen MR) is 72.9 cm³/mol. The monoisotopic (exact) mass is 272 g/mol. The molecule has 2 aromatic rings. The minimum atomic E-state index is -0.374. The second kappa shape index (κ2) is 5.93. The second-order valence-electron chi connectivity index (χ2n) is 4.14. The highest BCUT2D eigenvalue weighted by molar-refractivity contribution is 5.47. The quantitative estimate of drug-likeness (QED) is 0.869. The molecule has 0 atom stereocenters. The largest absolute Gasteiger partial charge is 0.497 e. The number of hydrogen-bond donors (Lipinski definition) is 1. The van der Waals surface area contributed by atoms with Crippen LogP contribution in [0.25, 0.3) is 0 Å². The highest BCUT2D eigenvalue weighted by Crippen LogP contribution is 2.24. The lowest BCUT2D eigenvalue weighted by Gasteiger charge is -2.10. The molecule has 0 unspecified atom stereocenters. The van der Waals surface area contributed by atoms with Gasteiger partial charge in [-0.2, -0.15) is 5.26 Å². The lowest BCUT2D eigenvalue weighted by atomic mass is 10.2. The molecule has 0 aliphatic rings. The maximum atomic E-state index is 13.1. The van der Waals surface area contributed by atoms with Gasteiger partial charge in [-0.05, 0) is 30.3 Å². The lowest BCUT2D eigenvalue weighted by molar-refractivity contribution is 0.303. The number of rotatable bonds is 4. The van der Waals surface area contributed by atoms with Crippen molar-refractivity contribution in [2.45, 2.75) is 6.61 Å². The molecular weight excluding hydrogens is 259 g/mol. The fourth-order valence-corrected chi connectivity index (χ4v) is 1.70. The molecule has 2 rings (SSSR count). The number of nitrogen functional groups attached to an aromatic ring is 1. The van der Waals surface area contributed by atoms with Gasteiger partial charge in [-0.15, -0.1) is 0 Å². The highest BCUT2D eigenvalue weighted by Gasteiger charge is 2.05. The summed E-state index contributed by atoms with van der Waals surface area (Å²) < 4.78 is 23.7. The molecule has 102 valence electrons. The van der Waals surface area contributed by atoms with Gasteiger partial charge in [0.25, 0.3) is 0 Å². The van der Waals surface area contributed by atoms with Gasteiger partial charge in [-0.25, -0.2) is 4.39 Å². The van der Waals surface area contributed by atoms with E-state index < -0.39 is 0 Å². The van der Waals surface area contributed by atoms with Crippen LogP contribution in [0.2, 0.25) is 0 Å². The van der Waals surface area contributed by atoms with E-state index in [1.165, 1.54) is 25.3 Å². The van der Waals surface area contributed by atoms with Crippen LogP contribution in [0.1, 0.15) is 11.1 Å². The van der Waals surface area contributed by atoms with Crippen LogP contribution in [0.4, 0.5) is 10.1 Å². The molecule has 0 aliphatic heterocycles. The van der Waals surface area contributed by atoms with Crippen molar-refractivity contribution in [1.82, 2.24) is 0 Å². The van der Waals surface area contributed by atoms with Crippen LogP contribution < -0.4 is 15.2 Å². The zero-order valence-electron chi connectivity index (χ0n) is 10.9. The van der Waals surface area contributed by atoms with Crippen LogP contribution in [0.3, 0.4) is 0 Å². The summed E-state index contributed by atoms with van der Waals surface area (Å²) in [7, 11) is 1.50. The molecule has 0 heterocycles. The summed E-state index contributed by atoms with van der Waals surface area (Å²) in [5.41, 5.74) is 7.17. The summed E-state index contributed by atoms with van der Waals surface area (Å²) >= 11 is 0. The van der Waals surface area contributed by atoms with Crippen LogP contribution in [0, 0.1) is 17.1 Å². The van der Waals surface area contributed by atoms with E-state index in [0.717, 1.165) is 0 Å². The Bertz CT molecular complexity index is 665. The third kappa shape index (κ3) is 3.18. The Kier molecular flexibility index (Phi) is 4.06. The molecule has 0 bridgehead atoms. The first-order chi connectivity index (χ1) is 9.62. The average molecular weight is 272 g/mol. The molecule has 0 aliphatic carbocycles. The molecule has 0 fully saturated rings. The van der Waals surface area contributed by atoms with Gasteiger partial charge in [-0.3, -0.25) is 0 Å². The Labute approximate surface area is 116 Å². The molecule has 0 saturated heterocycles. The van der Waals surface area contributed by atoms with Gasteiger partial charge in [-0.1, -0.05) is 0 Å². The Morgan fingerprint density at radius 2 is 1.95 bits per heavy atom. The highest BCUT2D eigenvalue weighted by atomic mass is 19.1. The summed E-state index contributed by atoms with van der Waals surface area (Å²) in [6.45, 7) is 0.113. The molecule has 2 N–H and O–H groups in total. The molecule has 0 aromatic heterocycles. The third-order valence-electron chi connectivity index (χ3n) is 2.74. The Morgan fingerprint density at radius 1 is 1.20 bits per heavy atom. The molecule has 5 heteroatoms. The molecule has 4 nitrogen and oxygen atoms in total. The van der Waals surface area contributed by atoms with Crippen LogP contribution in [0.15, 0.2) is 36.4 Å². The van der Waals surface area contributed by atoms with Crippen molar-refractivity contribution in [3.8, 4) is 17.6 Å². The first kappa shape index (κ1) is 13.7. The SMILES string of the molecule is COc1cc(C#N)cc(OCc2cc(F)ccc2N)c1. The normalized spacial score (nSPS) is 9.85. The van der Waals surface area contributed by atoms with E-state index in [9.17, 15) is 4.39 Å². The van der Waals surface area contributed by atoms with E-state index in [0.29, 0.717) is 28.3 Å². The predicted octanol–water partition coefficient (Wildman–Crippen LogP) is 2.87. The topological polar surface area (TPSA) is 68.3 Å². The number of benzene rings is 2. The van der Waals surface area contributed by atoms with Crippen molar-refractivity contribution in [2.75, 3.05) is 12.8 Å². The minimum Gasteiger partial charge on any atom is -0.497 e. The fourth-order valence-electron chi connectivity index (χ4n) is 1.70. The van der Waals surface area contributed by atoms with Gasteiger partial charge >= 0.3 is 0 Å². The van der Waals surface area contributed by atoms with Crippen molar-refractivity contribution in [1.29, 1.82) is 5.26 Å². The third-order valence-corrected chi connectivity index (χ3v) is 2.74. The van der Waals surface area contributed by atoms with Crippen molar-refractivity contribution in [3.05, 3.63) is 53.3 Å². The van der Waals surface area contributed by atoms with Gasteiger partial charge in [0.15, 0.2) is 0 Å². The van der Waals surface area contributed by atoms with Gasteiger partial charge in [0.1, 0.15) is 23.9 Å². The lowest BCUT2D eigenvalue weighted by Crippen LogP contribution is -2.01. The fraction of sp³-hybridized carbons (Fsp3) is 0.133. The number of hydrogen-bond acceptors (Lipinski definition) is 4. The zero-order valence-corrected chi connectivity index (χ0v) is 10.9. The molecule has 2 aromatic carbocycles. The van der Waals surface area contributed by atoms with Crippen LogP contribution in [-0.2, 0) is 6.61 Å². The number of nitrogens with two attached hydrogens (primary N) is 1. The van der Waals surface area contributed by atoms with E-state index >= 15 is 0 Å². The Hall–Kier alpha value is -2.74. The molecule has 0 amide bonds. The Balaban J connectivity index is 2.18. The molecular formula is C15H13FN2O2. The summed E-state index contributed by atoms with van der Waals surface area (Å²) in [6, 6.07) is 10.9. The van der Waals surface area contributed by atoms with Crippen LogP contribution in [0.5, 0.6) is 11.5 Å². The summed E-state index contributed by atoms with van der Waals surface area (Å²) in [5.74, 6) is 0.608. The van der Waals surface area contributed by atoms with Crippen LogP contribution in [-0.4, -0.2) is 7.11 Å². The molecule has 0 saturated carbocycles. The molecule has 0 spiro atoms. The van der Waals surface area contributed by atoms with Crippen molar-refractivity contribution in [3.63, 3.8) is 0 Å². The van der Waals surface area contributed by atoms with Crippen LogP contribution >= 0.6 is 0 Å². The summed E-state index contributed by atoms with van der Waals surface area (Å²) in [6.07, 6.45) is 0. The standard InChI is InChI=1S/C15H13FN2O2/c1-19-13-4-10(8-17)5-14(7-13)20-9-11-6-12(16)2-3-15(11)18/h2-7H,9,18H2,1H3. The van der Waals surface area contributed by atoms with Gasteiger partial charge in [0, 0.05) is 17.3 Å². The first-order valence-electron chi connectivity index (χ1n) is 5.88. The number of methoxy groups -OCH3 is 1. The molecule has 0 radical (unpaired) electrons. The van der Waals surface area contributed by atoms with E-state index in [1.54, 1.807) is 18.2 Å². The van der Waals surface area contributed by atoms with Crippen molar-refractivity contribution < 1.29 is 13.9 Å². The number of anilines is 1. The number of ether oxygens (including phenoxy) is 2. The van der Waals surface area contributed by atoms with Gasteiger partial charge < -0.3 is 15.2 Å². The Morgan fingerprint density at radius 3 is 2.65 bits per heavy atom. The maximum Gasteiger partial charge on any atom is 0.124 e. The smallest absolute Gasteiger partial charge is 0.124 e.